The van der Waals surface area contributed by atoms with E-state index in [0.29, 0.717) is 11.4 Å². The molecule has 10 heteroatoms. The molecule has 4 aromatic rings. The predicted octanol–water partition coefficient (Wildman–Crippen LogP) is 6.21. The molecule has 5 rings (SSSR count). The van der Waals surface area contributed by atoms with Gasteiger partial charge in [0, 0.05) is 25.1 Å². The number of rotatable bonds is 14. The highest BCUT2D eigenvalue weighted by Gasteiger charge is 2.36. The van der Waals surface area contributed by atoms with Gasteiger partial charge in [0.1, 0.15) is 12.6 Å². The van der Waals surface area contributed by atoms with E-state index >= 15 is 0 Å². The van der Waals surface area contributed by atoms with E-state index in [-0.39, 0.29) is 35.6 Å². The van der Waals surface area contributed by atoms with Gasteiger partial charge in [0.05, 0.1) is 24.8 Å². The first-order valence-corrected chi connectivity index (χ1v) is 18.0. The highest BCUT2D eigenvalue weighted by Crippen LogP contribution is 2.33. The fourth-order valence-electron chi connectivity index (χ4n) is 6.43. The minimum Gasteiger partial charge on any atom is -0.493 e. The van der Waals surface area contributed by atoms with Crippen LogP contribution in [0.4, 0.5) is 5.69 Å². The van der Waals surface area contributed by atoms with Crippen LogP contribution in [0.1, 0.15) is 47.9 Å². The molecule has 9 nitrogen and oxygen atoms in total. The standard InChI is InChI=1S/C39H45N3O6S/c1-28-21-29(2)23-33(22-28)42(49(45,46)34-19-20-36(47-3)37(25-34)48-4)27-38(43)41(26-31-15-9-6-10-16-31)35(24-30-13-7-5-8-14-30)39(44)40-32-17-11-12-18-32/h5-10,13-16,19-23,25,32,35H,11-12,17-18,24,26-27H2,1-4H3,(H,40,44). The van der Waals surface area contributed by atoms with E-state index in [0.717, 1.165) is 52.2 Å². The van der Waals surface area contributed by atoms with E-state index in [2.05, 4.69) is 5.32 Å². The molecule has 4 aromatic carbocycles. The van der Waals surface area contributed by atoms with Crippen molar-refractivity contribution in [1.82, 2.24) is 10.2 Å². The number of hydrogen-bond acceptors (Lipinski definition) is 6. The molecule has 1 N–H and O–H groups in total. The molecule has 0 aromatic heterocycles. The number of methoxy groups -OCH3 is 2. The molecule has 1 saturated carbocycles. The lowest BCUT2D eigenvalue weighted by Crippen LogP contribution is -2.54. The van der Waals surface area contributed by atoms with E-state index in [1.807, 2.05) is 80.6 Å². The summed E-state index contributed by atoms with van der Waals surface area (Å²) in [5, 5.41) is 3.21. The molecule has 1 unspecified atom stereocenters. The second kappa shape index (κ2) is 16.0. The number of ether oxygens (including phenoxy) is 2. The average Bonchev–Trinajstić information content (AvgIpc) is 3.61. The zero-order chi connectivity index (χ0) is 35.0. The molecule has 1 aliphatic carbocycles. The number of nitrogens with zero attached hydrogens (tertiary/aromatic N) is 2. The number of amides is 2. The van der Waals surface area contributed by atoms with Crippen LogP contribution in [0.15, 0.2) is 102 Å². The molecular formula is C39H45N3O6S. The average molecular weight is 684 g/mol. The first-order valence-electron chi connectivity index (χ1n) is 16.6. The van der Waals surface area contributed by atoms with Crippen molar-refractivity contribution in [3.05, 3.63) is 119 Å². The van der Waals surface area contributed by atoms with Gasteiger partial charge >= 0.3 is 0 Å². The van der Waals surface area contributed by atoms with Crippen LogP contribution in [-0.4, -0.2) is 58.0 Å². The molecule has 1 fully saturated rings. The van der Waals surface area contributed by atoms with E-state index in [1.165, 1.54) is 37.3 Å². The number of nitrogens with one attached hydrogen (secondary N) is 1. The molecule has 0 spiro atoms. The third-order valence-electron chi connectivity index (χ3n) is 8.88. The predicted molar refractivity (Wildman–Crippen MR) is 191 cm³/mol. The molecule has 258 valence electrons. The molecule has 0 aliphatic heterocycles. The van der Waals surface area contributed by atoms with Gasteiger partial charge in [-0.3, -0.25) is 13.9 Å². The Morgan fingerprint density at radius 3 is 1.98 bits per heavy atom. The number of carbonyl (C=O) groups excluding carboxylic acids is 2. The first-order chi connectivity index (χ1) is 23.6. The van der Waals surface area contributed by atoms with Crippen LogP contribution in [0.25, 0.3) is 0 Å². The van der Waals surface area contributed by atoms with Gasteiger partial charge in [0.25, 0.3) is 10.0 Å². The molecular weight excluding hydrogens is 639 g/mol. The number of aryl methyl sites for hydroxylation is 2. The van der Waals surface area contributed by atoms with Crippen LogP contribution in [0, 0.1) is 13.8 Å². The summed E-state index contributed by atoms with van der Waals surface area (Å²) in [6.45, 7) is 3.34. The van der Waals surface area contributed by atoms with Gasteiger partial charge in [-0.1, -0.05) is 79.6 Å². The number of benzene rings is 4. The molecule has 2 amide bonds. The summed E-state index contributed by atoms with van der Waals surface area (Å²) < 4.78 is 41.0. The number of anilines is 1. The Bertz CT molecular complexity index is 1820. The zero-order valence-electron chi connectivity index (χ0n) is 28.6. The first kappa shape index (κ1) is 35.5. The van der Waals surface area contributed by atoms with Crippen molar-refractivity contribution < 1.29 is 27.5 Å². The van der Waals surface area contributed by atoms with Crippen molar-refractivity contribution in [1.29, 1.82) is 0 Å². The highest BCUT2D eigenvalue weighted by atomic mass is 32.2. The van der Waals surface area contributed by atoms with Crippen molar-refractivity contribution in [2.75, 3.05) is 25.1 Å². The molecule has 0 bridgehead atoms. The Hall–Kier alpha value is -4.83. The lowest BCUT2D eigenvalue weighted by Gasteiger charge is -2.34. The van der Waals surface area contributed by atoms with E-state index in [9.17, 15) is 18.0 Å². The fraction of sp³-hybridized carbons (Fsp3) is 0.333. The molecule has 0 saturated heterocycles. The summed E-state index contributed by atoms with van der Waals surface area (Å²) in [4.78, 5) is 30.4. The molecule has 0 heterocycles. The quantitative estimate of drug-likeness (QED) is 0.169. The van der Waals surface area contributed by atoms with Gasteiger partial charge < -0.3 is 19.7 Å². The maximum Gasteiger partial charge on any atom is 0.264 e. The number of carbonyl (C=O) groups is 2. The summed E-state index contributed by atoms with van der Waals surface area (Å²) >= 11 is 0. The largest absolute Gasteiger partial charge is 0.493 e. The second-order valence-electron chi connectivity index (χ2n) is 12.6. The summed E-state index contributed by atoms with van der Waals surface area (Å²) in [5.41, 5.74) is 3.74. The van der Waals surface area contributed by atoms with Crippen molar-refractivity contribution in [2.24, 2.45) is 0 Å². The summed E-state index contributed by atoms with van der Waals surface area (Å²) in [6, 6.07) is 28.0. The SMILES string of the molecule is COc1ccc(S(=O)(=O)N(CC(=O)N(Cc2ccccc2)C(Cc2ccccc2)C(=O)NC2CCCC2)c2cc(C)cc(C)c2)cc1OC. The third-order valence-corrected chi connectivity index (χ3v) is 10.7. The van der Waals surface area contributed by atoms with E-state index in [4.69, 9.17) is 9.47 Å². The van der Waals surface area contributed by atoms with Crippen LogP contribution in [-0.2, 0) is 32.6 Å². The smallest absolute Gasteiger partial charge is 0.264 e. The maximum atomic E-state index is 14.8. The molecule has 0 radical (unpaired) electrons. The Balaban J connectivity index is 1.59. The summed E-state index contributed by atoms with van der Waals surface area (Å²) in [6.07, 6.45) is 4.13. The van der Waals surface area contributed by atoms with Crippen molar-refractivity contribution in [3.8, 4) is 11.5 Å². The zero-order valence-corrected chi connectivity index (χ0v) is 29.4. The molecule has 49 heavy (non-hydrogen) atoms. The van der Waals surface area contributed by atoms with Gasteiger partial charge in [-0.05, 0) is 73.2 Å². The molecule has 1 atom stereocenters. The maximum absolute atomic E-state index is 14.8. The van der Waals surface area contributed by atoms with Gasteiger partial charge in [0.15, 0.2) is 11.5 Å². The minimum absolute atomic E-state index is 0.0386. The van der Waals surface area contributed by atoms with E-state index < -0.39 is 28.5 Å². The van der Waals surface area contributed by atoms with Crippen molar-refractivity contribution in [3.63, 3.8) is 0 Å². The van der Waals surface area contributed by atoms with E-state index in [1.54, 1.807) is 12.1 Å². The number of hydrogen-bond donors (Lipinski definition) is 1. The Morgan fingerprint density at radius 1 is 0.796 bits per heavy atom. The van der Waals surface area contributed by atoms with Crippen molar-refractivity contribution in [2.45, 2.75) is 69.5 Å². The van der Waals surface area contributed by atoms with Crippen LogP contribution in [0.5, 0.6) is 11.5 Å². The highest BCUT2D eigenvalue weighted by molar-refractivity contribution is 7.92. The lowest BCUT2D eigenvalue weighted by molar-refractivity contribution is -0.140. The second-order valence-corrected chi connectivity index (χ2v) is 14.4. The summed E-state index contributed by atoms with van der Waals surface area (Å²) in [7, 11) is -1.41. The fourth-order valence-corrected chi connectivity index (χ4v) is 7.84. The lowest BCUT2D eigenvalue weighted by atomic mass is 10.0. The van der Waals surface area contributed by atoms with Crippen molar-refractivity contribution >= 4 is 27.5 Å². The Labute approximate surface area is 289 Å². The number of sulfonamides is 1. The van der Waals surface area contributed by atoms with Gasteiger partial charge in [-0.2, -0.15) is 0 Å². The Morgan fingerprint density at radius 2 is 1.39 bits per heavy atom. The molecule has 1 aliphatic rings. The normalized spacial score (nSPS) is 13.8. The van der Waals surface area contributed by atoms with Gasteiger partial charge in [-0.25, -0.2) is 8.42 Å². The Kier molecular flexibility index (Phi) is 11.6. The van der Waals surface area contributed by atoms with Crippen LogP contribution < -0.4 is 19.1 Å². The minimum atomic E-state index is -4.32. The summed E-state index contributed by atoms with van der Waals surface area (Å²) in [5.74, 6) is -0.135. The van der Waals surface area contributed by atoms with Crippen LogP contribution in [0.2, 0.25) is 0 Å². The third kappa shape index (κ3) is 8.80. The van der Waals surface area contributed by atoms with Crippen LogP contribution in [0.3, 0.4) is 0 Å². The van der Waals surface area contributed by atoms with Gasteiger partial charge in [-0.15, -0.1) is 0 Å². The van der Waals surface area contributed by atoms with Gasteiger partial charge in [0.2, 0.25) is 11.8 Å². The van der Waals surface area contributed by atoms with Crippen LogP contribution >= 0.6 is 0 Å². The topological polar surface area (TPSA) is 105 Å². The monoisotopic (exact) mass is 683 g/mol.